The molecule has 1 saturated heterocycles. The molecular weight excluding hydrogens is 224 g/mol. The molecule has 98 valence electrons. The summed E-state index contributed by atoms with van der Waals surface area (Å²) in [5.74, 6) is 0.938. The van der Waals surface area contributed by atoms with Crippen LogP contribution in [-0.4, -0.2) is 37.2 Å². The molecule has 0 bridgehead atoms. The van der Waals surface area contributed by atoms with Crippen LogP contribution in [0.3, 0.4) is 0 Å². The highest BCUT2D eigenvalue weighted by atomic mass is 16.5. The van der Waals surface area contributed by atoms with E-state index < -0.39 is 0 Å². The molecule has 1 atom stereocenters. The van der Waals surface area contributed by atoms with E-state index in [0.29, 0.717) is 0 Å². The van der Waals surface area contributed by atoms with E-state index in [1.54, 1.807) is 7.11 Å². The van der Waals surface area contributed by atoms with Crippen molar-refractivity contribution in [2.75, 3.05) is 20.2 Å². The van der Waals surface area contributed by atoms with Crippen LogP contribution in [0.25, 0.3) is 0 Å². The number of benzene rings is 1. The van der Waals surface area contributed by atoms with Gasteiger partial charge in [-0.2, -0.15) is 0 Å². The van der Waals surface area contributed by atoms with Crippen LogP contribution < -0.4 is 10.1 Å². The Morgan fingerprint density at radius 3 is 2.61 bits per heavy atom. The Balaban J connectivity index is 1.49. The summed E-state index contributed by atoms with van der Waals surface area (Å²) in [6.07, 6.45) is 4.07. The molecule has 1 unspecified atom stereocenters. The molecular formula is C15H22N2O. The van der Waals surface area contributed by atoms with Crippen molar-refractivity contribution in [1.82, 2.24) is 10.2 Å². The quantitative estimate of drug-likeness (QED) is 0.860. The van der Waals surface area contributed by atoms with Crippen molar-refractivity contribution in [2.45, 2.75) is 37.9 Å². The van der Waals surface area contributed by atoms with E-state index in [4.69, 9.17) is 4.74 Å². The molecule has 3 rings (SSSR count). The molecule has 2 aliphatic rings. The first-order chi connectivity index (χ1) is 8.83. The van der Waals surface area contributed by atoms with Gasteiger partial charge in [0.15, 0.2) is 0 Å². The van der Waals surface area contributed by atoms with E-state index in [0.717, 1.165) is 24.4 Å². The number of nitrogens with zero attached hydrogens (tertiary/aromatic N) is 1. The lowest BCUT2D eigenvalue weighted by Crippen LogP contribution is -2.33. The second-order valence-corrected chi connectivity index (χ2v) is 5.51. The average molecular weight is 246 g/mol. The third-order valence-electron chi connectivity index (χ3n) is 3.89. The highest BCUT2D eigenvalue weighted by Crippen LogP contribution is 2.22. The fourth-order valence-corrected chi connectivity index (χ4v) is 2.68. The van der Waals surface area contributed by atoms with Gasteiger partial charge in [-0.1, -0.05) is 12.1 Å². The molecule has 0 aromatic heterocycles. The maximum Gasteiger partial charge on any atom is 0.118 e. The van der Waals surface area contributed by atoms with Crippen LogP contribution in [0.4, 0.5) is 0 Å². The Morgan fingerprint density at radius 2 is 1.94 bits per heavy atom. The lowest BCUT2D eigenvalue weighted by atomic mass is 10.2. The third kappa shape index (κ3) is 3.03. The van der Waals surface area contributed by atoms with Crippen LogP contribution in [0, 0.1) is 0 Å². The molecule has 1 aliphatic carbocycles. The summed E-state index contributed by atoms with van der Waals surface area (Å²) in [5.41, 5.74) is 1.38. The first-order valence-electron chi connectivity index (χ1n) is 6.95. The van der Waals surface area contributed by atoms with Gasteiger partial charge < -0.3 is 10.1 Å². The molecule has 0 spiro atoms. The largest absolute Gasteiger partial charge is 0.497 e. The van der Waals surface area contributed by atoms with Gasteiger partial charge in [0, 0.05) is 31.7 Å². The summed E-state index contributed by atoms with van der Waals surface area (Å²) in [4.78, 5) is 2.54. The molecule has 18 heavy (non-hydrogen) atoms. The molecule has 2 fully saturated rings. The predicted octanol–water partition coefficient (Wildman–Crippen LogP) is 2.02. The zero-order valence-electron chi connectivity index (χ0n) is 11.1. The van der Waals surface area contributed by atoms with Crippen molar-refractivity contribution >= 4 is 0 Å². The molecule has 1 heterocycles. The minimum atomic E-state index is 0.718. The maximum atomic E-state index is 5.18. The number of likely N-dealkylation sites (tertiary alicyclic amines) is 1. The summed E-state index contributed by atoms with van der Waals surface area (Å²) in [6.45, 7) is 3.48. The average Bonchev–Trinajstić information content (AvgIpc) is 3.10. The van der Waals surface area contributed by atoms with Crippen molar-refractivity contribution < 1.29 is 4.74 Å². The fourth-order valence-electron chi connectivity index (χ4n) is 2.68. The van der Waals surface area contributed by atoms with Crippen molar-refractivity contribution in [3.05, 3.63) is 29.8 Å². The van der Waals surface area contributed by atoms with Crippen LogP contribution in [0.2, 0.25) is 0 Å². The second kappa shape index (κ2) is 5.29. The molecule has 0 amide bonds. The van der Waals surface area contributed by atoms with Gasteiger partial charge in [-0.05, 0) is 37.0 Å². The van der Waals surface area contributed by atoms with Gasteiger partial charge in [-0.25, -0.2) is 0 Å². The molecule has 1 saturated carbocycles. The van der Waals surface area contributed by atoms with Crippen molar-refractivity contribution in [3.8, 4) is 5.75 Å². The lowest BCUT2D eigenvalue weighted by Gasteiger charge is -2.16. The fraction of sp³-hybridized carbons (Fsp3) is 0.600. The molecule has 3 heteroatoms. The van der Waals surface area contributed by atoms with E-state index in [2.05, 4.69) is 22.3 Å². The normalized spacial score (nSPS) is 24.4. The Bertz CT molecular complexity index is 386. The smallest absolute Gasteiger partial charge is 0.118 e. The van der Waals surface area contributed by atoms with Crippen molar-refractivity contribution in [3.63, 3.8) is 0 Å². The van der Waals surface area contributed by atoms with E-state index in [1.165, 1.54) is 37.9 Å². The SMILES string of the molecule is COc1ccc(CN2CCC(NC3CC3)C2)cc1. The van der Waals surface area contributed by atoms with Crippen molar-refractivity contribution in [1.29, 1.82) is 0 Å². The molecule has 1 aromatic carbocycles. The van der Waals surface area contributed by atoms with E-state index >= 15 is 0 Å². The molecule has 3 nitrogen and oxygen atoms in total. The summed E-state index contributed by atoms with van der Waals surface area (Å²) < 4.78 is 5.18. The highest BCUT2D eigenvalue weighted by Gasteiger charge is 2.28. The zero-order valence-corrected chi connectivity index (χ0v) is 11.1. The van der Waals surface area contributed by atoms with E-state index in [1.807, 2.05) is 12.1 Å². The number of nitrogens with one attached hydrogen (secondary N) is 1. The molecule has 1 aromatic rings. The Morgan fingerprint density at radius 1 is 1.17 bits per heavy atom. The first-order valence-corrected chi connectivity index (χ1v) is 6.95. The number of ether oxygens (including phenoxy) is 1. The molecule has 0 radical (unpaired) electrons. The van der Waals surface area contributed by atoms with Crippen molar-refractivity contribution in [2.24, 2.45) is 0 Å². The number of hydrogen-bond acceptors (Lipinski definition) is 3. The third-order valence-corrected chi connectivity index (χ3v) is 3.89. The van der Waals surface area contributed by atoms with Crippen LogP contribution >= 0.6 is 0 Å². The summed E-state index contributed by atoms with van der Waals surface area (Å²) in [5, 5.41) is 3.73. The first kappa shape index (κ1) is 12.0. The Labute approximate surface area is 109 Å². The van der Waals surface area contributed by atoms with E-state index in [-0.39, 0.29) is 0 Å². The lowest BCUT2D eigenvalue weighted by molar-refractivity contribution is 0.319. The highest BCUT2D eigenvalue weighted by molar-refractivity contribution is 5.27. The van der Waals surface area contributed by atoms with Crippen LogP contribution in [-0.2, 0) is 6.54 Å². The Kier molecular flexibility index (Phi) is 3.52. The summed E-state index contributed by atoms with van der Waals surface area (Å²) in [7, 11) is 1.71. The van der Waals surface area contributed by atoms with Gasteiger partial charge in [-0.3, -0.25) is 4.90 Å². The zero-order chi connectivity index (χ0) is 12.4. The van der Waals surface area contributed by atoms with Gasteiger partial charge in [0.05, 0.1) is 7.11 Å². The van der Waals surface area contributed by atoms with Gasteiger partial charge in [0.2, 0.25) is 0 Å². The van der Waals surface area contributed by atoms with Gasteiger partial charge >= 0.3 is 0 Å². The van der Waals surface area contributed by atoms with Crippen LogP contribution in [0.5, 0.6) is 5.75 Å². The van der Waals surface area contributed by atoms with Gasteiger partial charge in [0.25, 0.3) is 0 Å². The van der Waals surface area contributed by atoms with E-state index in [9.17, 15) is 0 Å². The van der Waals surface area contributed by atoms with Crippen LogP contribution in [0.1, 0.15) is 24.8 Å². The van der Waals surface area contributed by atoms with Crippen LogP contribution in [0.15, 0.2) is 24.3 Å². The second-order valence-electron chi connectivity index (χ2n) is 5.51. The number of methoxy groups -OCH3 is 1. The molecule has 1 aliphatic heterocycles. The number of hydrogen-bond donors (Lipinski definition) is 1. The Hall–Kier alpha value is -1.06. The van der Waals surface area contributed by atoms with Gasteiger partial charge in [0.1, 0.15) is 5.75 Å². The minimum Gasteiger partial charge on any atom is -0.497 e. The topological polar surface area (TPSA) is 24.5 Å². The maximum absolute atomic E-state index is 5.18. The predicted molar refractivity (Wildman–Crippen MR) is 72.8 cm³/mol. The summed E-state index contributed by atoms with van der Waals surface area (Å²) >= 11 is 0. The van der Waals surface area contributed by atoms with Gasteiger partial charge in [-0.15, -0.1) is 0 Å². The molecule has 1 N–H and O–H groups in total. The monoisotopic (exact) mass is 246 g/mol. The standard InChI is InChI=1S/C15H22N2O/c1-18-15-6-2-12(3-7-15)10-17-9-8-14(11-17)16-13-4-5-13/h2-3,6-7,13-14,16H,4-5,8-11H2,1H3. The summed E-state index contributed by atoms with van der Waals surface area (Å²) in [6, 6.07) is 9.98. The number of rotatable bonds is 5. The minimum absolute atomic E-state index is 0.718.